The van der Waals surface area contributed by atoms with E-state index < -0.39 is 0 Å². The van der Waals surface area contributed by atoms with Crippen molar-refractivity contribution in [3.05, 3.63) is 110 Å². The summed E-state index contributed by atoms with van der Waals surface area (Å²) in [5.74, 6) is -0.232. The van der Waals surface area contributed by atoms with E-state index in [1.807, 2.05) is 64.9 Å². The van der Waals surface area contributed by atoms with Crippen molar-refractivity contribution >= 4 is 33.8 Å². The van der Waals surface area contributed by atoms with Gasteiger partial charge in [0.05, 0.1) is 0 Å². The van der Waals surface area contributed by atoms with Gasteiger partial charge in [0, 0.05) is 47.3 Å². The van der Waals surface area contributed by atoms with Gasteiger partial charge in [-0.15, -0.1) is 0 Å². The largest absolute Gasteiger partial charge is 0.336 e. The molecule has 0 radical (unpaired) electrons. The SMILES string of the molecule is Cc1ccccc1C(=O)N/C(=C/c1cccc(Br)c1)C(=O)N1CC2CC(C1)c1cccc(=O)n1C2. The van der Waals surface area contributed by atoms with E-state index in [0.717, 1.165) is 27.7 Å². The lowest BCUT2D eigenvalue weighted by molar-refractivity contribution is -0.130. The third-order valence-electron chi connectivity index (χ3n) is 6.79. The van der Waals surface area contributed by atoms with Gasteiger partial charge < -0.3 is 14.8 Å². The highest BCUT2D eigenvalue weighted by atomic mass is 79.9. The predicted octanol–water partition coefficient (Wildman–Crippen LogP) is 4.34. The summed E-state index contributed by atoms with van der Waals surface area (Å²) in [5.41, 5.74) is 3.41. The molecule has 2 bridgehead atoms. The fraction of sp³-hybridized carbons (Fsp3) is 0.250. The van der Waals surface area contributed by atoms with Crippen LogP contribution in [-0.2, 0) is 11.3 Å². The number of hydrogen-bond acceptors (Lipinski definition) is 3. The number of nitrogens with one attached hydrogen (secondary N) is 1. The van der Waals surface area contributed by atoms with Crippen LogP contribution in [0.2, 0.25) is 0 Å². The normalized spacial score (nSPS) is 19.1. The number of likely N-dealkylation sites (tertiary alicyclic amines) is 1. The minimum Gasteiger partial charge on any atom is -0.336 e. The van der Waals surface area contributed by atoms with Crippen LogP contribution >= 0.6 is 15.9 Å². The first kappa shape index (κ1) is 23.3. The lowest BCUT2D eigenvalue weighted by Crippen LogP contribution is -2.50. The van der Waals surface area contributed by atoms with E-state index in [1.165, 1.54) is 0 Å². The summed E-state index contributed by atoms with van der Waals surface area (Å²) in [5, 5.41) is 2.89. The van der Waals surface area contributed by atoms with E-state index in [9.17, 15) is 14.4 Å². The minimum absolute atomic E-state index is 0.0118. The average molecular weight is 532 g/mol. The second-order valence-corrected chi connectivity index (χ2v) is 10.2. The fourth-order valence-corrected chi connectivity index (χ4v) is 5.58. The van der Waals surface area contributed by atoms with E-state index in [4.69, 9.17) is 0 Å². The van der Waals surface area contributed by atoms with Crippen molar-refractivity contribution in [2.45, 2.75) is 25.8 Å². The third kappa shape index (κ3) is 4.86. The number of benzene rings is 2. The first-order valence-corrected chi connectivity index (χ1v) is 12.5. The van der Waals surface area contributed by atoms with Crippen LogP contribution in [0.5, 0.6) is 0 Å². The van der Waals surface area contributed by atoms with Gasteiger partial charge in [0.1, 0.15) is 5.70 Å². The second kappa shape index (κ2) is 9.66. The second-order valence-electron chi connectivity index (χ2n) is 9.29. The molecule has 5 rings (SSSR count). The smallest absolute Gasteiger partial charge is 0.270 e. The van der Waals surface area contributed by atoms with Crippen molar-refractivity contribution in [1.29, 1.82) is 0 Å². The Morgan fingerprint density at radius 3 is 2.60 bits per heavy atom. The summed E-state index contributed by atoms with van der Waals surface area (Å²) in [6, 6.07) is 20.3. The van der Waals surface area contributed by atoms with E-state index in [-0.39, 0.29) is 34.9 Å². The maximum atomic E-state index is 13.8. The molecule has 35 heavy (non-hydrogen) atoms. The number of pyridine rings is 1. The highest BCUT2D eigenvalue weighted by Gasteiger charge is 2.37. The predicted molar refractivity (Wildman–Crippen MR) is 139 cm³/mol. The molecule has 3 aromatic rings. The van der Waals surface area contributed by atoms with E-state index in [0.29, 0.717) is 25.2 Å². The molecule has 6 nitrogen and oxygen atoms in total. The Balaban J connectivity index is 1.46. The van der Waals surface area contributed by atoms with Crippen LogP contribution in [0.1, 0.15) is 39.5 Å². The number of hydrogen-bond donors (Lipinski definition) is 1. The monoisotopic (exact) mass is 531 g/mol. The molecule has 0 aliphatic carbocycles. The van der Waals surface area contributed by atoms with Gasteiger partial charge in [-0.25, -0.2) is 0 Å². The lowest BCUT2D eigenvalue weighted by atomic mass is 9.83. The molecule has 2 atom stereocenters. The maximum Gasteiger partial charge on any atom is 0.270 e. The van der Waals surface area contributed by atoms with Gasteiger partial charge in [-0.3, -0.25) is 14.4 Å². The van der Waals surface area contributed by atoms with Gasteiger partial charge in [-0.1, -0.05) is 52.3 Å². The molecule has 178 valence electrons. The van der Waals surface area contributed by atoms with E-state index in [2.05, 4.69) is 21.2 Å². The summed E-state index contributed by atoms with van der Waals surface area (Å²) in [4.78, 5) is 41.1. The first-order valence-electron chi connectivity index (χ1n) is 11.7. The number of fused-ring (bicyclic) bond motifs is 4. The van der Waals surface area contributed by atoms with Crippen LogP contribution in [0, 0.1) is 12.8 Å². The standard InChI is InChI=1S/C28H26BrN3O3/c1-18-6-2-3-9-23(18)27(34)30-24(14-19-7-4-8-22(29)13-19)28(35)31-15-20-12-21(17-31)25-10-5-11-26(33)32(25)16-20/h2-11,13-14,20-21H,12,15-17H2,1H3,(H,30,34)/b24-14+. The fourth-order valence-electron chi connectivity index (χ4n) is 5.16. The highest BCUT2D eigenvalue weighted by Crippen LogP contribution is 2.35. The molecule has 2 aliphatic heterocycles. The van der Waals surface area contributed by atoms with Crippen LogP contribution in [-0.4, -0.2) is 34.4 Å². The Kier molecular flexibility index (Phi) is 6.43. The van der Waals surface area contributed by atoms with Crippen LogP contribution in [0.15, 0.2) is 81.7 Å². The number of carbonyl (C=O) groups excluding carboxylic acids is 2. The maximum absolute atomic E-state index is 13.8. The summed E-state index contributed by atoms with van der Waals surface area (Å²) >= 11 is 3.48. The molecule has 2 amide bonds. The Bertz CT molecular complexity index is 1390. The Labute approximate surface area is 212 Å². The van der Waals surface area contributed by atoms with Gasteiger partial charge in [-0.2, -0.15) is 0 Å². The zero-order valence-corrected chi connectivity index (χ0v) is 21.0. The number of aromatic nitrogens is 1. The molecule has 1 aromatic heterocycles. The number of rotatable bonds is 4. The van der Waals surface area contributed by atoms with Crippen LogP contribution < -0.4 is 10.9 Å². The molecule has 2 aliphatic rings. The zero-order chi connectivity index (χ0) is 24.5. The molecule has 3 heterocycles. The molecule has 0 saturated carbocycles. The van der Waals surface area contributed by atoms with Gasteiger partial charge in [0.15, 0.2) is 0 Å². The quantitative estimate of drug-likeness (QED) is 0.509. The minimum atomic E-state index is -0.313. The molecular formula is C28H26BrN3O3. The molecule has 7 heteroatoms. The topological polar surface area (TPSA) is 71.4 Å². The van der Waals surface area contributed by atoms with Gasteiger partial charge in [-0.05, 0) is 60.7 Å². The molecule has 1 fully saturated rings. The van der Waals surface area contributed by atoms with Crippen LogP contribution in [0.4, 0.5) is 0 Å². The van der Waals surface area contributed by atoms with Crippen molar-refractivity contribution in [3.63, 3.8) is 0 Å². The molecule has 1 saturated heterocycles. The third-order valence-corrected chi connectivity index (χ3v) is 7.29. The molecule has 0 spiro atoms. The Hall–Kier alpha value is -3.45. The average Bonchev–Trinajstić information content (AvgIpc) is 2.84. The number of carbonyl (C=O) groups is 2. The Morgan fingerprint density at radius 2 is 1.80 bits per heavy atom. The van der Waals surface area contributed by atoms with Crippen molar-refractivity contribution in [3.8, 4) is 0 Å². The van der Waals surface area contributed by atoms with E-state index in [1.54, 1.807) is 24.3 Å². The molecular weight excluding hydrogens is 506 g/mol. The summed E-state index contributed by atoms with van der Waals surface area (Å²) in [6.07, 6.45) is 2.68. The number of halogens is 1. The number of nitrogens with zero attached hydrogens (tertiary/aromatic N) is 2. The van der Waals surface area contributed by atoms with Crippen LogP contribution in [0.25, 0.3) is 6.08 Å². The Morgan fingerprint density at radius 1 is 1.00 bits per heavy atom. The zero-order valence-electron chi connectivity index (χ0n) is 19.4. The summed E-state index contributed by atoms with van der Waals surface area (Å²) < 4.78 is 2.73. The number of aryl methyl sites for hydroxylation is 1. The van der Waals surface area contributed by atoms with Crippen molar-refractivity contribution in [2.75, 3.05) is 13.1 Å². The highest BCUT2D eigenvalue weighted by molar-refractivity contribution is 9.10. The summed E-state index contributed by atoms with van der Waals surface area (Å²) in [7, 11) is 0. The van der Waals surface area contributed by atoms with Crippen molar-refractivity contribution < 1.29 is 9.59 Å². The molecule has 2 unspecified atom stereocenters. The lowest BCUT2D eigenvalue weighted by Gasteiger charge is -2.43. The van der Waals surface area contributed by atoms with Crippen LogP contribution in [0.3, 0.4) is 0 Å². The van der Waals surface area contributed by atoms with Gasteiger partial charge in [0.2, 0.25) is 0 Å². The van der Waals surface area contributed by atoms with Crippen molar-refractivity contribution in [2.24, 2.45) is 5.92 Å². The number of amides is 2. The number of piperidine rings is 1. The summed E-state index contributed by atoms with van der Waals surface area (Å²) in [6.45, 7) is 3.54. The molecule has 1 N–H and O–H groups in total. The first-order chi connectivity index (χ1) is 16.9. The van der Waals surface area contributed by atoms with Crippen molar-refractivity contribution in [1.82, 2.24) is 14.8 Å². The van der Waals surface area contributed by atoms with Gasteiger partial charge in [0.25, 0.3) is 17.4 Å². The van der Waals surface area contributed by atoms with E-state index >= 15 is 0 Å². The van der Waals surface area contributed by atoms with Gasteiger partial charge >= 0.3 is 0 Å². The molecule has 2 aromatic carbocycles.